The number of hydrogen-bond acceptors (Lipinski definition) is 6. The number of nitrogens with zero attached hydrogens (tertiary/aromatic N) is 3. The average Bonchev–Trinajstić information content (AvgIpc) is 3.39. The second-order valence-electron chi connectivity index (χ2n) is 6.25. The predicted molar refractivity (Wildman–Crippen MR) is 117 cm³/mol. The first-order chi connectivity index (χ1) is 13.9. The first-order valence-corrected chi connectivity index (χ1v) is 12.5. The molecule has 1 amide bonds. The third kappa shape index (κ3) is 4.08. The number of hydrogen-bond donors (Lipinski definition) is 0. The van der Waals surface area contributed by atoms with Crippen LogP contribution in [0.4, 0.5) is 0 Å². The Labute approximate surface area is 186 Å². The maximum absolute atomic E-state index is 13.0. The van der Waals surface area contributed by atoms with Crippen molar-refractivity contribution in [2.45, 2.75) is 4.90 Å². The number of halogens is 2. The van der Waals surface area contributed by atoms with E-state index < -0.39 is 10.0 Å². The van der Waals surface area contributed by atoms with Crippen LogP contribution in [-0.2, 0) is 10.0 Å². The van der Waals surface area contributed by atoms with E-state index in [2.05, 4.69) is 4.98 Å². The van der Waals surface area contributed by atoms with E-state index in [9.17, 15) is 13.2 Å². The summed E-state index contributed by atoms with van der Waals surface area (Å²) in [4.78, 5) is 20.2. The van der Waals surface area contributed by atoms with Crippen LogP contribution in [0.2, 0.25) is 10.0 Å². The summed E-state index contributed by atoms with van der Waals surface area (Å²) >= 11 is 15.1. The highest BCUT2D eigenvalue weighted by atomic mass is 35.5. The van der Waals surface area contributed by atoms with Crippen molar-refractivity contribution in [1.82, 2.24) is 14.2 Å². The van der Waals surface area contributed by atoms with Crippen molar-refractivity contribution in [3.05, 3.63) is 56.8 Å². The summed E-state index contributed by atoms with van der Waals surface area (Å²) in [5.74, 6) is -0.141. The Hall–Kier alpha value is -1.49. The minimum absolute atomic E-state index is 0.0850. The molecule has 0 spiro atoms. The first kappa shape index (κ1) is 20.8. The summed E-state index contributed by atoms with van der Waals surface area (Å²) in [6, 6.07) is 8.49. The van der Waals surface area contributed by atoms with Crippen LogP contribution < -0.4 is 0 Å². The zero-order valence-corrected chi connectivity index (χ0v) is 18.9. The van der Waals surface area contributed by atoms with Gasteiger partial charge >= 0.3 is 0 Å². The Kier molecular flexibility index (Phi) is 5.97. The zero-order valence-electron chi connectivity index (χ0n) is 14.9. The van der Waals surface area contributed by atoms with Gasteiger partial charge in [-0.15, -0.1) is 22.7 Å². The second kappa shape index (κ2) is 8.33. The summed E-state index contributed by atoms with van der Waals surface area (Å²) < 4.78 is 27.2. The Morgan fingerprint density at radius 2 is 1.72 bits per heavy atom. The number of thiophene rings is 1. The molecule has 2 aromatic heterocycles. The van der Waals surface area contributed by atoms with E-state index in [0.717, 1.165) is 9.88 Å². The van der Waals surface area contributed by atoms with Gasteiger partial charge < -0.3 is 4.90 Å². The minimum Gasteiger partial charge on any atom is -0.335 e. The maximum Gasteiger partial charge on any atom is 0.265 e. The molecule has 0 N–H and O–H groups in total. The van der Waals surface area contributed by atoms with Crippen LogP contribution in [0.25, 0.3) is 9.88 Å². The van der Waals surface area contributed by atoms with Crippen molar-refractivity contribution in [3.8, 4) is 9.88 Å². The Bertz CT molecular complexity index is 1120. The van der Waals surface area contributed by atoms with Crippen molar-refractivity contribution < 1.29 is 13.2 Å². The summed E-state index contributed by atoms with van der Waals surface area (Å²) in [6.07, 6.45) is 1.58. The molecule has 0 atom stereocenters. The number of rotatable bonds is 4. The van der Waals surface area contributed by atoms with Gasteiger partial charge in [-0.1, -0.05) is 35.3 Å². The van der Waals surface area contributed by atoms with Crippen LogP contribution >= 0.6 is 45.9 Å². The Morgan fingerprint density at radius 1 is 1.03 bits per heavy atom. The fraction of sp³-hybridized carbons (Fsp3) is 0.222. The third-order valence-electron chi connectivity index (χ3n) is 4.49. The van der Waals surface area contributed by atoms with Gasteiger partial charge in [-0.05, 0) is 23.6 Å². The molecular formula is C18H15Cl2N3O3S3. The van der Waals surface area contributed by atoms with Crippen LogP contribution in [0.1, 0.15) is 9.67 Å². The lowest BCUT2D eigenvalue weighted by molar-refractivity contribution is 0.0702. The van der Waals surface area contributed by atoms with Crippen molar-refractivity contribution in [3.63, 3.8) is 0 Å². The molecule has 0 unspecified atom stereocenters. The van der Waals surface area contributed by atoms with Gasteiger partial charge in [-0.25, -0.2) is 13.4 Å². The molecule has 11 heteroatoms. The molecule has 152 valence electrons. The van der Waals surface area contributed by atoms with Gasteiger partial charge in [-0.3, -0.25) is 4.79 Å². The monoisotopic (exact) mass is 487 g/mol. The molecule has 1 saturated heterocycles. The highest BCUT2D eigenvalue weighted by Crippen LogP contribution is 2.33. The van der Waals surface area contributed by atoms with E-state index in [1.54, 1.807) is 28.5 Å². The maximum atomic E-state index is 13.0. The van der Waals surface area contributed by atoms with E-state index in [1.807, 2.05) is 17.5 Å². The summed E-state index contributed by atoms with van der Waals surface area (Å²) in [6.45, 7) is 0.914. The van der Waals surface area contributed by atoms with Gasteiger partial charge in [0.1, 0.15) is 14.8 Å². The number of amides is 1. The largest absolute Gasteiger partial charge is 0.335 e. The average molecular weight is 488 g/mol. The molecule has 3 heterocycles. The van der Waals surface area contributed by atoms with Crippen molar-refractivity contribution >= 4 is 61.8 Å². The number of carbonyl (C=O) groups excluding carboxylic acids is 1. The highest BCUT2D eigenvalue weighted by molar-refractivity contribution is 7.89. The van der Waals surface area contributed by atoms with E-state index >= 15 is 0 Å². The fourth-order valence-corrected chi connectivity index (χ4v) is 7.23. The minimum atomic E-state index is -3.84. The van der Waals surface area contributed by atoms with Gasteiger partial charge in [0.15, 0.2) is 0 Å². The van der Waals surface area contributed by atoms with Crippen LogP contribution in [0, 0.1) is 0 Å². The topological polar surface area (TPSA) is 70.6 Å². The lowest BCUT2D eigenvalue weighted by Gasteiger charge is -2.34. The molecule has 0 aliphatic carbocycles. The lowest BCUT2D eigenvalue weighted by atomic mass is 10.3. The standard InChI is InChI=1S/C18H15Cl2N3O3S3/c19-12-3-1-4-13(20)16(12)29(25,26)23-8-6-22(7-9-23)18(24)15-11-21-17(28-15)14-5-2-10-27-14/h1-5,10-11H,6-9H2. The summed E-state index contributed by atoms with van der Waals surface area (Å²) in [5.41, 5.74) is 0. The van der Waals surface area contributed by atoms with E-state index in [-0.39, 0.29) is 47.0 Å². The Morgan fingerprint density at radius 3 is 2.34 bits per heavy atom. The first-order valence-electron chi connectivity index (χ1n) is 8.61. The van der Waals surface area contributed by atoms with Crippen molar-refractivity contribution in [1.29, 1.82) is 0 Å². The van der Waals surface area contributed by atoms with Gasteiger partial charge in [0.05, 0.1) is 21.1 Å². The van der Waals surface area contributed by atoms with E-state index in [4.69, 9.17) is 23.2 Å². The summed E-state index contributed by atoms with van der Waals surface area (Å²) in [5, 5.41) is 2.94. The molecule has 1 fully saturated rings. The summed E-state index contributed by atoms with van der Waals surface area (Å²) in [7, 11) is -3.84. The molecule has 4 rings (SSSR count). The molecule has 29 heavy (non-hydrogen) atoms. The molecular weight excluding hydrogens is 473 g/mol. The number of thiazole rings is 1. The van der Waals surface area contributed by atoms with Crippen LogP contribution in [-0.4, -0.2) is 54.7 Å². The number of carbonyl (C=O) groups is 1. The third-order valence-corrected chi connectivity index (χ3v) is 9.37. The molecule has 1 aliphatic heterocycles. The molecule has 1 aromatic carbocycles. The lowest BCUT2D eigenvalue weighted by Crippen LogP contribution is -2.50. The quantitative estimate of drug-likeness (QED) is 0.549. The normalized spacial score (nSPS) is 15.6. The van der Waals surface area contributed by atoms with Crippen LogP contribution in [0.3, 0.4) is 0 Å². The van der Waals surface area contributed by atoms with E-state index in [0.29, 0.717) is 4.88 Å². The smallest absolute Gasteiger partial charge is 0.265 e. The predicted octanol–water partition coefficient (Wildman–Crippen LogP) is 4.33. The van der Waals surface area contributed by atoms with Gasteiger partial charge in [0, 0.05) is 26.2 Å². The van der Waals surface area contributed by atoms with E-state index in [1.165, 1.54) is 27.8 Å². The zero-order chi connectivity index (χ0) is 20.6. The molecule has 6 nitrogen and oxygen atoms in total. The molecule has 0 radical (unpaired) electrons. The SMILES string of the molecule is O=C(c1cnc(-c2cccs2)s1)N1CCN(S(=O)(=O)c2c(Cl)cccc2Cl)CC1. The second-order valence-corrected chi connectivity index (χ2v) is 10.9. The van der Waals surface area contributed by atoms with Gasteiger partial charge in [0.25, 0.3) is 5.91 Å². The Balaban J connectivity index is 1.46. The van der Waals surface area contributed by atoms with Crippen molar-refractivity contribution in [2.24, 2.45) is 0 Å². The molecule has 1 aliphatic rings. The number of benzene rings is 1. The van der Waals surface area contributed by atoms with Crippen LogP contribution in [0.15, 0.2) is 46.8 Å². The highest BCUT2D eigenvalue weighted by Gasteiger charge is 2.33. The molecule has 0 bridgehead atoms. The van der Waals surface area contributed by atoms with Gasteiger partial charge in [-0.2, -0.15) is 4.31 Å². The fourth-order valence-electron chi connectivity index (χ4n) is 3.03. The number of sulfonamides is 1. The molecule has 0 saturated carbocycles. The van der Waals surface area contributed by atoms with Crippen molar-refractivity contribution in [2.75, 3.05) is 26.2 Å². The molecule has 3 aromatic rings. The number of aromatic nitrogens is 1. The van der Waals surface area contributed by atoms with Crippen LogP contribution in [0.5, 0.6) is 0 Å². The van der Waals surface area contributed by atoms with Gasteiger partial charge in [0.2, 0.25) is 10.0 Å². The number of piperazine rings is 1.